The highest BCUT2D eigenvalue weighted by molar-refractivity contribution is 7.19. The second kappa shape index (κ2) is 6.71. The monoisotopic (exact) mass is 384 g/mol. The molecule has 1 aliphatic carbocycles. The second-order valence-corrected chi connectivity index (χ2v) is 8.56. The Kier molecular flexibility index (Phi) is 4.21. The highest BCUT2D eigenvalue weighted by Gasteiger charge is 2.25. The molecule has 0 amide bonds. The number of thiophene rings is 1. The van der Waals surface area contributed by atoms with Crippen LogP contribution in [0.2, 0.25) is 5.02 Å². The molecule has 0 bridgehead atoms. The Morgan fingerprint density at radius 3 is 2.42 bits per heavy atom. The highest BCUT2D eigenvalue weighted by atomic mass is 35.5. The van der Waals surface area contributed by atoms with Crippen molar-refractivity contribution in [3.8, 4) is 0 Å². The van der Waals surface area contributed by atoms with Gasteiger partial charge in [0.2, 0.25) is 0 Å². The van der Waals surface area contributed by atoms with E-state index in [2.05, 4.69) is 26.9 Å². The minimum Gasteiger partial charge on any atom is -0.368 e. The molecular weight excluding hydrogens is 364 g/mol. The summed E-state index contributed by atoms with van der Waals surface area (Å²) in [5.74, 6) is 1.14. The zero-order valence-corrected chi connectivity index (χ0v) is 16.2. The van der Waals surface area contributed by atoms with E-state index in [1.54, 1.807) is 6.33 Å². The van der Waals surface area contributed by atoms with Crippen LogP contribution in [-0.4, -0.2) is 36.1 Å². The zero-order chi connectivity index (χ0) is 17.5. The molecule has 0 unspecified atom stereocenters. The average Bonchev–Trinajstić information content (AvgIpc) is 3.07. The van der Waals surface area contributed by atoms with E-state index >= 15 is 0 Å². The summed E-state index contributed by atoms with van der Waals surface area (Å²) >= 11 is 7.89. The number of aryl methyl sites for hydroxylation is 2. The van der Waals surface area contributed by atoms with E-state index in [-0.39, 0.29) is 0 Å². The van der Waals surface area contributed by atoms with Gasteiger partial charge >= 0.3 is 0 Å². The topological polar surface area (TPSA) is 32.3 Å². The number of hydrogen-bond donors (Lipinski definition) is 0. The van der Waals surface area contributed by atoms with Gasteiger partial charge in [-0.1, -0.05) is 11.6 Å². The molecule has 1 aliphatic heterocycles. The van der Waals surface area contributed by atoms with E-state index < -0.39 is 0 Å². The first kappa shape index (κ1) is 16.3. The Bertz CT molecular complexity index is 929. The lowest BCUT2D eigenvalue weighted by molar-refractivity contribution is 0.648. The highest BCUT2D eigenvalue weighted by Crippen LogP contribution is 2.39. The summed E-state index contributed by atoms with van der Waals surface area (Å²) in [6, 6.07) is 8.15. The Labute approximate surface area is 162 Å². The molecule has 26 heavy (non-hydrogen) atoms. The summed E-state index contributed by atoms with van der Waals surface area (Å²) in [5, 5.41) is 2.12. The van der Waals surface area contributed by atoms with Gasteiger partial charge in [0.15, 0.2) is 0 Å². The standard InChI is InChI=1S/C20H21ClN4S/c21-14-5-7-15(8-6-14)24-9-11-25(12-10-24)19-18-16-3-1-2-4-17(16)26-20(18)23-13-22-19/h5-8,13H,1-4,9-12H2. The van der Waals surface area contributed by atoms with E-state index in [4.69, 9.17) is 16.6 Å². The largest absolute Gasteiger partial charge is 0.368 e. The predicted molar refractivity (Wildman–Crippen MR) is 110 cm³/mol. The average molecular weight is 385 g/mol. The Balaban J connectivity index is 1.41. The summed E-state index contributed by atoms with van der Waals surface area (Å²) in [5.41, 5.74) is 2.77. The van der Waals surface area contributed by atoms with E-state index in [1.165, 1.54) is 52.0 Å². The third-order valence-corrected chi connectivity index (χ3v) is 6.95. The van der Waals surface area contributed by atoms with Crippen molar-refractivity contribution >= 4 is 44.7 Å². The van der Waals surface area contributed by atoms with Crippen molar-refractivity contribution in [2.45, 2.75) is 25.7 Å². The third kappa shape index (κ3) is 2.83. The summed E-state index contributed by atoms with van der Waals surface area (Å²) < 4.78 is 0. The first-order valence-electron chi connectivity index (χ1n) is 9.30. The molecule has 3 heterocycles. The van der Waals surface area contributed by atoms with Gasteiger partial charge in [-0.2, -0.15) is 0 Å². The number of nitrogens with zero attached hydrogens (tertiary/aromatic N) is 4. The van der Waals surface area contributed by atoms with Crippen LogP contribution in [0.4, 0.5) is 11.5 Å². The number of aromatic nitrogens is 2. The summed E-state index contributed by atoms with van der Waals surface area (Å²) in [6.45, 7) is 3.97. The fourth-order valence-corrected chi connectivity index (χ4v) is 5.49. The van der Waals surface area contributed by atoms with Crippen molar-refractivity contribution < 1.29 is 0 Å². The van der Waals surface area contributed by atoms with E-state index in [0.717, 1.165) is 37.0 Å². The molecule has 134 valence electrons. The van der Waals surface area contributed by atoms with Crippen LogP contribution < -0.4 is 9.80 Å². The molecule has 2 aliphatic rings. The Hall–Kier alpha value is -1.85. The van der Waals surface area contributed by atoms with Crippen molar-refractivity contribution in [3.63, 3.8) is 0 Å². The van der Waals surface area contributed by atoms with Gasteiger partial charge in [0.1, 0.15) is 17.0 Å². The van der Waals surface area contributed by atoms with Crippen LogP contribution in [-0.2, 0) is 12.8 Å². The molecule has 6 heteroatoms. The first-order chi connectivity index (χ1) is 12.8. The smallest absolute Gasteiger partial charge is 0.141 e. The molecule has 3 aromatic rings. The van der Waals surface area contributed by atoms with Gasteiger partial charge in [0.25, 0.3) is 0 Å². The maximum Gasteiger partial charge on any atom is 0.141 e. The minimum absolute atomic E-state index is 0.790. The van der Waals surface area contributed by atoms with Crippen LogP contribution in [0.5, 0.6) is 0 Å². The molecule has 0 radical (unpaired) electrons. The molecule has 0 atom stereocenters. The normalized spacial score (nSPS) is 17.6. The number of fused-ring (bicyclic) bond motifs is 3. The van der Waals surface area contributed by atoms with Crippen LogP contribution in [0.15, 0.2) is 30.6 Å². The quantitative estimate of drug-likeness (QED) is 0.648. The van der Waals surface area contributed by atoms with Crippen LogP contribution in [0.1, 0.15) is 23.3 Å². The van der Waals surface area contributed by atoms with Crippen molar-refractivity contribution in [1.82, 2.24) is 9.97 Å². The van der Waals surface area contributed by atoms with Crippen LogP contribution in [0.3, 0.4) is 0 Å². The number of rotatable bonds is 2. The predicted octanol–water partition coefficient (Wildman–Crippen LogP) is 4.55. The van der Waals surface area contributed by atoms with Gasteiger partial charge < -0.3 is 9.80 Å². The minimum atomic E-state index is 0.790. The maximum atomic E-state index is 6.02. The van der Waals surface area contributed by atoms with Gasteiger partial charge in [0, 0.05) is 41.8 Å². The van der Waals surface area contributed by atoms with Gasteiger partial charge in [-0.25, -0.2) is 9.97 Å². The SMILES string of the molecule is Clc1ccc(N2CCN(c3ncnc4sc5c(c34)CCCC5)CC2)cc1. The lowest BCUT2D eigenvalue weighted by atomic mass is 9.97. The lowest BCUT2D eigenvalue weighted by Crippen LogP contribution is -2.47. The number of anilines is 2. The molecule has 5 rings (SSSR count). The summed E-state index contributed by atoms with van der Waals surface area (Å²) in [7, 11) is 0. The number of piperazine rings is 1. The second-order valence-electron chi connectivity index (χ2n) is 7.04. The summed E-state index contributed by atoms with van der Waals surface area (Å²) in [4.78, 5) is 16.8. The van der Waals surface area contributed by atoms with Gasteiger partial charge in [0.05, 0.1) is 5.39 Å². The molecular formula is C20H21ClN4S. The Morgan fingerprint density at radius 1 is 0.885 bits per heavy atom. The molecule has 1 aromatic carbocycles. The number of hydrogen-bond acceptors (Lipinski definition) is 5. The summed E-state index contributed by atoms with van der Waals surface area (Å²) in [6.07, 6.45) is 6.73. The number of benzene rings is 1. The molecule has 0 saturated carbocycles. The number of halogens is 1. The Morgan fingerprint density at radius 2 is 1.62 bits per heavy atom. The van der Waals surface area contributed by atoms with Gasteiger partial charge in [-0.05, 0) is 55.5 Å². The zero-order valence-electron chi connectivity index (χ0n) is 14.6. The third-order valence-electron chi connectivity index (χ3n) is 5.50. The molecule has 0 spiro atoms. The molecule has 4 nitrogen and oxygen atoms in total. The van der Waals surface area contributed by atoms with Crippen molar-refractivity contribution in [2.75, 3.05) is 36.0 Å². The lowest BCUT2D eigenvalue weighted by Gasteiger charge is -2.37. The van der Waals surface area contributed by atoms with E-state index in [1.807, 2.05) is 23.5 Å². The molecule has 1 fully saturated rings. The van der Waals surface area contributed by atoms with Crippen LogP contribution in [0, 0.1) is 0 Å². The van der Waals surface area contributed by atoms with E-state index in [9.17, 15) is 0 Å². The first-order valence-corrected chi connectivity index (χ1v) is 10.5. The molecule has 2 aromatic heterocycles. The van der Waals surface area contributed by atoms with Gasteiger partial charge in [-0.3, -0.25) is 0 Å². The fourth-order valence-electron chi connectivity index (χ4n) is 4.14. The fraction of sp³-hybridized carbons (Fsp3) is 0.400. The van der Waals surface area contributed by atoms with Gasteiger partial charge in [-0.15, -0.1) is 11.3 Å². The molecule has 1 saturated heterocycles. The molecule has 0 N–H and O–H groups in total. The van der Waals surface area contributed by atoms with E-state index in [0.29, 0.717) is 0 Å². The van der Waals surface area contributed by atoms with Crippen molar-refractivity contribution in [1.29, 1.82) is 0 Å². The van der Waals surface area contributed by atoms with Crippen molar-refractivity contribution in [3.05, 3.63) is 46.1 Å². The maximum absolute atomic E-state index is 6.02. The van der Waals surface area contributed by atoms with Crippen LogP contribution in [0.25, 0.3) is 10.2 Å². The van der Waals surface area contributed by atoms with Crippen LogP contribution >= 0.6 is 22.9 Å². The van der Waals surface area contributed by atoms with Crippen molar-refractivity contribution in [2.24, 2.45) is 0 Å².